The molecule has 0 fully saturated rings. The summed E-state index contributed by atoms with van der Waals surface area (Å²) in [5.41, 5.74) is 2.45. The molecule has 0 aliphatic rings. The number of nitrogens with zero attached hydrogens (tertiary/aromatic N) is 1. The lowest BCUT2D eigenvalue weighted by molar-refractivity contribution is -0.161. The van der Waals surface area contributed by atoms with Gasteiger partial charge in [0, 0.05) is 0 Å². The van der Waals surface area contributed by atoms with Crippen LogP contribution < -0.4 is 10.6 Å². The number of rotatable bonds is 10. The first-order valence-corrected chi connectivity index (χ1v) is 12.3. The fourth-order valence-corrected chi connectivity index (χ4v) is 4.26. The number of carbonyl (C=O) groups excluding carboxylic acids is 2. The SMILES string of the molecule is CC[C@H](NC(=O)[C@H](Cc1ccccc1C)NC(c1ccccc1)C(F)(F)F)C(=O)c1nc2ccccc2o1. The number of oxazole rings is 1. The van der Waals surface area contributed by atoms with E-state index in [0.29, 0.717) is 16.7 Å². The van der Waals surface area contributed by atoms with Crippen molar-refractivity contribution in [3.63, 3.8) is 0 Å². The van der Waals surface area contributed by atoms with Gasteiger partial charge in [-0.2, -0.15) is 13.2 Å². The average molecular weight is 524 g/mol. The number of para-hydroxylation sites is 2. The van der Waals surface area contributed by atoms with E-state index in [1.165, 1.54) is 24.3 Å². The van der Waals surface area contributed by atoms with E-state index >= 15 is 0 Å². The van der Waals surface area contributed by atoms with Crippen molar-refractivity contribution in [2.75, 3.05) is 0 Å². The van der Waals surface area contributed by atoms with Crippen LogP contribution in [0.1, 0.15) is 46.8 Å². The van der Waals surface area contributed by atoms with Crippen LogP contribution in [0.15, 0.2) is 83.3 Å². The quantitative estimate of drug-likeness (QED) is 0.260. The maximum Gasteiger partial charge on any atom is 0.407 e. The van der Waals surface area contributed by atoms with Crippen molar-refractivity contribution in [2.45, 2.75) is 51.0 Å². The number of nitrogens with one attached hydrogen (secondary N) is 2. The molecule has 4 rings (SSSR count). The molecule has 1 unspecified atom stereocenters. The van der Waals surface area contributed by atoms with E-state index in [1.807, 2.05) is 19.1 Å². The zero-order chi connectivity index (χ0) is 27.3. The van der Waals surface area contributed by atoms with Crippen LogP contribution in [-0.4, -0.2) is 34.9 Å². The molecule has 2 N–H and O–H groups in total. The standard InChI is InChI=1S/C29H28F3N3O3/c1-3-21(25(36)28-35-22-15-9-10-16-24(22)38-28)34-27(37)23(17-20-14-8-7-11-18(20)2)33-26(29(30,31)32)19-12-5-4-6-13-19/h4-16,21,23,26,33H,3,17H2,1-2H3,(H,34,37)/t21-,23-,26?/m0/s1. The second kappa shape index (κ2) is 11.6. The van der Waals surface area contributed by atoms with Gasteiger partial charge in [-0.05, 0) is 48.6 Å². The molecule has 1 aromatic heterocycles. The third kappa shape index (κ3) is 6.28. The van der Waals surface area contributed by atoms with Gasteiger partial charge < -0.3 is 9.73 Å². The lowest BCUT2D eigenvalue weighted by atomic mass is 9.97. The Morgan fingerprint density at radius 3 is 2.24 bits per heavy atom. The third-order valence-corrected chi connectivity index (χ3v) is 6.38. The van der Waals surface area contributed by atoms with Gasteiger partial charge in [-0.25, -0.2) is 4.98 Å². The van der Waals surface area contributed by atoms with Crippen molar-refractivity contribution >= 4 is 22.8 Å². The molecule has 1 amide bonds. The first kappa shape index (κ1) is 27.1. The number of aromatic nitrogens is 1. The van der Waals surface area contributed by atoms with E-state index in [4.69, 9.17) is 4.42 Å². The lowest BCUT2D eigenvalue weighted by Gasteiger charge is -2.29. The van der Waals surface area contributed by atoms with Crippen LogP contribution >= 0.6 is 0 Å². The maximum atomic E-state index is 14.2. The Morgan fingerprint density at radius 1 is 0.921 bits per heavy atom. The number of hydrogen-bond donors (Lipinski definition) is 2. The van der Waals surface area contributed by atoms with Crippen LogP contribution in [0.2, 0.25) is 0 Å². The van der Waals surface area contributed by atoms with Gasteiger partial charge in [0.1, 0.15) is 11.6 Å². The third-order valence-electron chi connectivity index (χ3n) is 6.38. The molecule has 0 saturated carbocycles. The predicted octanol–water partition coefficient (Wildman–Crippen LogP) is 5.72. The number of carbonyl (C=O) groups is 2. The van der Waals surface area contributed by atoms with E-state index in [1.54, 1.807) is 49.4 Å². The van der Waals surface area contributed by atoms with Crippen molar-refractivity contribution < 1.29 is 27.2 Å². The van der Waals surface area contributed by atoms with Gasteiger partial charge in [-0.15, -0.1) is 0 Å². The smallest absolute Gasteiger partial charge is 0.407 e. The molecular weight excluding hydrogens is 495 g/mol. The maximum absolute atomic E-state index is 14.2. The van der Waals surface area contributed by atoms with Gasteiger partial charge in [0.25, 0.3) is 5.89 Å². The first-order valence-electron chi connectivity index (χ1n) is 12.3. The average Bonchev–Trinajstić information content (AvgIpc) is 3.34. The highest BCUT2D eigenvalue weighted by Crippen LogP contribution is 2.33. The van der Waals surface area contributed by atoms with Crippen LogP contribution in [0.5, 0.6) is 0 Å². The van der Waals surface area contributed by atoms with Crippen molar-refractivity contribution in [3.05, 3.63) is 101 Å². The van der Waals surface area contributed by atoms with Crippen LogP contribution in [0.4, 0.5) is 13.2 Å². The summed E-state index contributed by atoms with van der Waals surface area (Å²) >= 11 is 0. The molecule has 3 atom stereocenters. The number of halogens is 3. The molecule has 0 radical (unpaired) electrons. The van der Waals surface area contributed by atoms with E-state index in [-0.39, 0.29) is 24.3 Å². The molecule has 0 saturated heterocycles. The Hall–Kier alpha value is -3.98. The molecule has 0 aliphatic heterocycles. The zero-order valence-electron chi connectivity index (χ0n) is 21.0. The van der Waals surface area contributed by atoms with Gasteiger partial charge in [0.2, 0.25) is 11.7 Å². The van der Waals surface area contributed by atoms with Gasteiger partial charge >= 0.3 is 6.18 Å². The number of fused-ring (bicyclic) bond motifs is 1. The molecule has 198 valence electrons. The molecule has 4 aromatic rings. The fourth-order valence-electron chi connectivity index (χ4n) is 4.26. The number of aryl methyl sites for hydroxylation is 1. The van der Waals surface area contributed by atoms with Gasteiger partial charge in [0.15, 0.2) is 5.58 Å². The number of amides is 1. The van der Waals surface area contributed by atoms with E-state index in [9.17, 15) is 22.8 Å². The monoisotopic (exact) mass is 523 g/mol. The lowest BCUT2D eigenvalue weighted by Crippen LogP contribution is -2.53. The number of benzene rings is 3. The molecule has 9 heteroatoms. The Labute approximate surface area is 218 Å². The Morgan fingerprint density at radius 2 is 1.58 bits per heavy atom. The van der Waals surface area contributed by atoms with Crippen molar-refractivity contribution in [3.8, 4) is 0 Å². The molecule has 0 spiro atoms. The first-order chi connectivity index (χ1) is 18.2. The highest BCUT2D eigenvalue weighted by atomic mass is 19.4. The van der Waals surface area contributed by atoms with Crippen LogP contribution in [0, 0.1) is 6.92 Å². The number of alkyl halides is 3. The van der Waals surface area contributed by atoms with Gasteiger partial charge in [0.05, 0.1) is 12.1 Å². The fraction of sp³-hybridized carbons (Fsp3) is 0.276. The number of Topliss-reactive ketones (excluding diaryl/α,β-unsaturated/α-hetero) is 1. The largest absolute Gasteiger partial charge is 0.434 e. The minimum atomic E-state index is -4.66. The summed E-state index contributed by atoms with van der Waals surface area (Å²) in [4.78, 5) is 30.8. The minimum absolute atomic E-state index is 0.00850. The van der Waals surface area contributed by atoms with Crippen LogP contribution in [0.25, 0.3) is 11.1 Å². The molecule has 3 aromatic carbocycles. The molecule has 1 heterocycles. The summed E-state index contributed by atoms with van der Waals surface area (Å²) in [6, 6.07) is 17.0. The Bertz CT molecular complexity index is 1370. The number of hydrogen-bond acceptors (Lipinski definition) is 5. The van der Waals surface area contributed by atoms with Crippen LogP contribution in [-0.2, 0) is 11.2 Å². The van der Waals surface area contributed by atoms with Crippen LogP contribution in [0.3, 0.4) is 0 Å². The van der Waals surface area contributed by atoms with Crippen molar-refractivity contribution in [1.82, 2.24) is 15.6 Å². The minimum Gasteiger partial charge on any atom is -0.434 e. The predicted molar refractivity (Wildman–Crippen MR) is 138 cm³/mol. The molecular formula is C29H28F3N3O3. The highest BCUT2D eigenvalue weighted by molar-refractivity contribution is 6.00. The molecule has 38 heavy (non-hydrogen) atoms. The zero-order valence-corrected chi connectivity index (χ0v) is 21.0. The summed E-state index contributed by atoms with van der Waals surface area (Å²) < 4.78 is 48.0. The van der Waals surface area contributed by atoms with Gasteiger partial charge in [-0.1, -0.05) is 73.7 Å². The van der Waals surface area contributed by atoms with Crippen molar-refractivity contribution in [2.24, 2.45) is 0 Å². The second-order valence-corrected chi connectivity index (χ2v) is 9.06. The summed E-state index contributed by atoms with van der Waals surface area (Å²) in [6.45, 7) is 3.52. The normalized spacial score (nSPS) is 14.1. The van der Waals surface area contributed by atoms with Crippen molar-refractivity contribution in [1.29, 1.82) is 0 Å². The topological polar surface area (TPSA) is 84.2 Å². The highest BCUT2D eigenvalue weighted by Gasteiger charge is 2.43. The summed E-state index contributed by atoms with van der Waals surface area (Å²) in [7, 11) is 0. The summed E-state index contributed by atoms with van der Waals surface area (Å²) in [6.07, 6.45) is -4.48. The molecule has 6 nitrogen and oxygen atoms in total. The summed E-state index contributed by atoms with van der Waals surface area (Å²) in [5, 5.41) is 5.17. The van der Waals surface area contributed by atoms with E-state index < -0.39 is 36.0 Å². The van der Waals surface area contributed by atoms with Gasteiger partial charge in [-0.3, -0.25) is 14.9 Å². The number of ketones is 1. The van der Waals surface area contributed by atoms with E-state index in [2.05, 4.69) is 15.6 Å². The Kier molecular flexibility index (Phi) is 8.26. The second-order valence-electron chi connectivity index (χ2n) is 9.06. The summed E-state index contributed by atoms with van der Waals surface area (Å²) in [5.74, 6) is -1.45. The van der Waals surface area contributed by atoms with E-state index in [0.717, 1.165) is 5.56 Å². The molecule has 0 bridgehead atoms. The molecule has 0 aliphatic carbocycles. The Balaban J connectivity index is 1.61.